The first-order chi connectivity index (χ1) is 13.3. The fourth-order valence-electron chi connectivity index (χ4n) is 2.80. The normalized spacial score (nSPS) is 12.6. The van der Waals surface area contributed by atoms with Gasteiger partial charge in [0, 0.05) is 6.04 Å². The number of ether oxygens (including phenoxy) is 2. The molecule has 1 N–H and O–H groups in total. The number of aliphatic hydroxyl groups is 1. The van der Waals surface area contributed by atoms with Crippen molar-refractivity contribution in [3.63, 3.8) is 0 Å². The van der Waals surface area contributed by atoms with Crippen molar-refractivity contribution in [1.29, 1.82) is 0 Å². The third-order valence-corrected chi connectivity index (χ3v) is 4.28. The molecule has 0 saturated heterocycles. The van der Waals surface area contributed by atoms with Crippen LogP contribution in [0, 0.1) is 0 Å². The van der Waals surface area contributed by atoms with Gasteiger partial charge in [0.15, 0.2) is 0 Å². The average molecular weight is 386 g/mol. The van der Waals surface area contributed by atoms with Crippen LogP contribution in [0.2, 0.25) is 0 Å². The first kappa shape index (κ1) is 21.9. The predicted molar refractivity (Wildman–Crippen MR) is 110 cm³/mol. The Balaban J connectivity index is 1.87. The van der Waals surface area contributed by atoms with Gasteiger partial charge in [0.2, 0.25) is 0 Å². The number of benzene rings is 2. The molecule has 0 radical (unpaired) electrons. The molecule has 0 saturated carbocycles. The molecule has 2 rings (SSSR count). The van der Waals surface area contributed by atoms with Crippen molar-refractivity contribution < 1.29 is 19.4 Å². The number of aliphatic hydroxyl groups excluding tert-OH is 1. The van der Waals surface area contributed by atoms with Gasteiger partial charge in [0.1, 0.15) is 18.0 Å². The molecule has 0 aliphatic carbocycles. The van der Waals surface area contributed by atoms with Gasteiger partial charge in [-0.15, -0.1) is 0 Å². The van der Waals surface area contributed by atoms with Crippen LogP contribution in [0.25, 0.3) is 0 Å². The Morgan fingerprint density at radius 1 is 1.04 bits per heavy atom. The molecule has 0 bridgehead atoms. The Hall–Kier alpha value is -2.37. The number of carbonyl (C=O) groups is 1. The molecule has 1 atom stereocenters. The Morgan fingerprint density at radius 3 is 2.25 bits per heavy atom. The van der Waals surface area contributed by atoms with Crippen LogP contribution in [0.3, 0.4) is 0 Å². The van der Waals surface area contributed by atoms with Gasteiger partial charge in [-0.05, 0) is 57.5 Å². The third kappa shape index (κ3) is 7.71. The number of likely N-dealkylation sites (N-methyl/N-ethyl adjacent to an activating group) is 1. The lowest BCUT2D eigenvalue weighted by Crippen LogP contribution is -2.41. The molecule has 0 aromatic heterocycles. The quantitative estimate of drug-likeness (QED) is 0.670. The number of nitrogens with zero attached hydrogens (tertiary/aromatic N) is 1. The van der Waals surface area contributed by atoms with E-state index in [9.17, 15) is 9.90 Å². The molecule has 0 spiro atoms. The summed E-state index contributed by atoms with van der Waals surface area (Å²) in [4.78, 5) is 13.8. The standard InChI is InChI=1S/C23H31NO4/c1-23(2,3)28-22(26)15-24(4)20(16-25)14-18-10-12-21(13-11-18)27-17-19-8-6-5-7-9-19/h5-13,20,25H,14-17H2,1-4H3/t20-/m0/s1. The molecule has 0 heterocycles. The highest BCUT2D eigenvalue weighted by Gasteiger charge is 2.21. The molecule has 152 valence electrons. The summed E-state index contributed by atoms with van der Waals surface area (Å²) >= 11 is 0. The van der Waals surface area contributed by atoms with E-state index in [1.165, 1.54) is 0 Å². The summed E-state index contributed by atoms with van der Waals surface area (Å²) in [6, 6.07) is 17.7. The zero-order chi connectivity index (χ0) is 20.6. The highest BCUT2D eigenvalue weighted by Crippen LogP contribution is 2.17. The van der Waals surface area contributed by atoms with Crippen molar-refractivity contribution in [2.24, 2.45) is 0 Å². The topological polar surface area (TPSA) is 59.0 Å². The van der Waals surface area contributed by atoms with Gasteiger partial charge in [-0.3, -0.25) is 9.69 Å². The van der Waals surface area contributed by atoms with E-state index in [0.717, 1.165) is 16.9 Å². The van der Waals surface area contributed by atoms with E-state index in [-0.39, 0.29) is 25.2 Å². The molecule has 5 nitrogen and oxygen atoms in total. The van der Waals surface area contributed by atoms with E-state index < -0.39 is 5.60 Å². The highest BCUT2D eigenvalue weighted by atomic mass is 16.6. The number of carbonyl (C=O) groups excluding carboxylic acids is 1. The van der Waals surface area contributed by atoms with Crippen LogP contribution in [0.5, 0.6) is 5.75 Å². The van der Waals surface area contributed by atoms with E-state index >= 15 is 0 Å². The molecule has 0 aliphatic heterocycles. The second-order valence-electron chi connectivity index (χ2n) is 7.96. The number of hydrogen-bond acceptors (Lipinski definition) is 5. The van der Waals surface area contributed by atoms with E-state index in [2.05, 4.69) is 0 Å². The molecular weight excluding hydrogens is 354 g/mol. The summed E-state index contributed by atoms with van der Waals surface area (Å²) in [5, 5.41) is 9.75. The summed E-state index contributed by atoms with van der Waals surface area (Å²) in [6.45, 7) is 6.16. The minimum absolute atomic E-state index is 0.0362. The Kier molecular flexibility index (Phi) is 8.03. The van der Waals surface area contributed by atoms with Crippen molar-refractivity contribution in [3.8, 4) is 5.75 Å². The van der Waals surface area contributed by atoms with Crippen LogP contribution in [-0.2, 0) is 22.6 Å². The van der Waals surface area contributed by atoms with Crippen molar-refractivity contribution in [2.75, 3.05) is 20.2 Å². The zero-order valence-electron chi connectivity index (χ0n) is 17.2. The Bertz CT molecular complexity index is 723. The SMILES string of the molecule is CN(CC(=O)OC(C)(C)C)[C@H](CO)Cc1ccc(OCc2ccccc2)cc1. The largest absolute Gasteiger partial charge is 0.489 e. The van der Waals surface area contributed by atoms with Crippen molar-refractivity contribution in [3.05, 3.63) is 65.7 Å². The number of rotatable bonds is 9. The monoisotopic (exact) mass is 385 g/mol. The summed E-state index contributed by atoms with van der Waals surface area (Å²) in [5.74, 6) is 0.508. The second kappa shape index (κ2) is 10.2. The van der Waals surface area contributed by atoms with Gasteiger partial charge < -0.3 is 14.6 Å². The lowest BCUT2D eigenvalue weighted by Gasteiger charge is -2.27. The van der Waals surface area contributed by atoms with E-state index in [0.29, 0.717) is 13.0 Å². The lowest BCUT2D eigenvalue weighted by atomic mass is 10.1. The summed E-state index contributed by atoms with van der Waals surface area (Å²) in [7, 11) is 1.82. The first-order valence-corrected chi connectivity index (χ1v) is 9.55. The minimum Gasteiger partial charge on any atom is -0.489 e. The molecule has 0 unspecified atom stereocenters. The number of esters is 1. The van der Waals surface area contributed by atoms with Crippen LogP contribution in [0.4, 0.5) is 0 Å². The molecule has 0 aliphatic rings. The van der Waals surface area contributed by atoms with Crippen LogP contribution < -0.4 is 4.74 Å². The third-order valence-electron chi connectivity index (χ3n) is 4.28. The summed E-state index contributed by atoms with van der Waals surface area (Å²) < 4.78 is 11.2. The van der Waals surface area contributed by atoms with Crippen molar-refractivity contribution in [1.82, 2.24) is 4.90 Å². The van der Waals surface area contributed by atoms with E-state index in [1.54, 1.807) is 0 Å². The lowest BCUT2D eigenvalue weighted by molar-refractivity contribution is -0.156. The van der Waals surface area contributed by atoms with Crippen molar-refractivity contribution >= 4 is 5.97 Å². The highest BCUT2D eigenvalue weighted by molar-refractivity contribution is 5.72. The smallest absolute Gasteiger partial charge is 0.320 e. The van der Waals surface area contributed by atoms with Gasteiger partial charge in [-0.25, -0.2) is 0 Å². The number of hydrogen-bond donors (Lipinski definition) is 1. The zero-order valence-corrected chi connectivity index (χ0v) is 17.2. The van der Waals surface area contributed by atoms with Crippen LogP contribution in [0.1, 0.15) is 31.9 Å². The van der Waals surface area contributed by atoms with E-state index in [1.807, 2.05) is 87.3 Å². The predicted octanol–water partition coefficient (Wildman–Crippen LogP) is 3.44. The van der Waals surface area contributed by atoms with Crippen LogP contribution >= 0.6 is 0 Å². The first-order valence-electron chi connectivity index (χ1n) is 9.55. The summed E-state index contributed by atoms with van der Waals surface area (Å²) in [5.41, 5.74) is 1.68. The molecule has 0 fully saturated rings. The fraction of sp³-hybridized carbons (Fsp3) is 0.435. The van der Waals surface area contributed by atoms with Gasteiger partial charge in [0.05, 0.1) is 13.2 Å². The van der Waals surface area contributed by atoms with Crippen molar-refractivity contribution in [2.45, 2.75) is 45.4 Å². The fourth-order valence-corrected chi connectivity index (χ4v) is 2.80. The van der Waals surface area contributed by atoms with Crippen LogP contribution in [-0.4, -0.2) is 47.8 Å². The van der Waals surface area contributed by atoms with Gasteiger partial charge in [-0.2, -0.15) is 0 Å². The minimum atomic E-state index is -0.512. The molecule has 2 aromatic carbocycles. The van der Waals surface area contributed by atoms with Gasteiger partial charge in [-0.1, -0.05) is 42.5 Å². The molecule has 28 heavy (non-hydrogen) atoms. The Labute approximate surface area is 167 Å². The van der Waals surface area contributed by atoms with Crippen LogP contribution in [0.15, 0.2) is 54.6 Å². The van der Waals surface area contributed by atoms with E-state index in [4.69, 9.17) is 9.47 Å². The average Bonchev–Trinajstić information content (AvgIpc) is 2.64. The van der Waals surface area contributed by atoms with Gasteiger partial charge in [0.25, 0.3) is 0 Å². The Morgan fingerprint density at radius 2 is 1.68 bits per heavy atom. The van der Waals surface area contributed by atoms with Gasteiger partial charge >= 0.3 is 5.97 Å². The summed E-state index contributed by atoms with van der Waals surface area (Å²) in [6.07, 6.45) is 0.634. The maximum absolute atomic E-state index is 12.0. The molecule has 5 heteroatoms. The second-order valence-corrected chi connectivity index (χ2v) is 7.96. The molecule has 2 aromatic rings. The molecular formula is C23H31NO4. The maximum Gasteiger partial charge on any atom is 0.320 e. The maximum atomic E-state index is 12.0. The molecule has 0 amide bonds.